The van der Waals surface area contributed by atoms with Crippen LogP contribution >= 0.6 is 0 Å². The van der Waals surface area contributed by atoms with Gasteiger partial charge in [0.25, 0.3) is 5.91 Å². The van der Waals surface area contributed by atoms with Crippen molar-refractivity contribution in [3.63, 3.8) is 0 Å². The van der Waals surface area contributed by atoms with Gasteiger partial charge in [0.05, 0.1) is 18.2 Å². The Morgan fingerprint density at radius 3 is 2.55 bits per heavy atom. The number of phenols is 1. The fourth-order valence-corrected chi connectivity index (χ4v) is 3.96. The number of aromatic hydroxyl groups is 1. The van der Waals surface area contributed by atoms with Crippen molar-refractivity contribution in [2.24, 2.45) is 0 Å². The number of H-pyrrole nitrogens is 1. The van der Waals surface area contributed by atoms with Crippen LogP contribution in [0.3, 0.4) is 0 Å². The van der Waals surface area contributed by atoms with Crippen molar-refractivity contribution in [2.45, 2.75) is 6.92 Å². The number of phenolic OH excluding ortho intramolecular Hbond substituents is 1. The Balaban J connectivity index is 0.00000231. The molecule has 1 aromatic heterocycles. The summed E-state index contributed by atoms with van der Waals surface area (Å²) in [5.41, 5.74) is 3.76. The summed E-state index contributed by atoms with van der Waals surface area (Å²) in [4.78, 5) is 16.3. The molecule has 0 aliphatic carbocycles. The van der Waals surface area contributed by atoms with Crippen molar-refractivity contribution in [3.8, 4) is 11.5 Å². The van der Waals surface area contributed by atoms with Gasteiger partial charge in [0, 0.05) is 27.4 Å². The first kappa shape index (κ1) is 21.2. The van der Waals surface area contributed by atoms with Gasteiger partial charge in [0.2, 0.25) is 0 Å². The number of hydrogen-bond acceptors (Lipinski definition) is 3. The van der Waals surface area contributed by atoms with Gasteiger partial charge in [-0.2, -0.15) is 0 Å². The molecule has 0 saturated carbocycles. The van der Waals surface area contributed by atoms with E-state index in [4.69, 9.17) is 4.74 Å². The summed E-state index contributed by atoms with van der Waals surface area (Å²) in [7, 11) is 1.60. The van der Waals surface area contributed by atoms with Gasteiger partial charge < -0.3 is 20.1 Å². The SMILES string of the molecule is COc1ccc(NC(=O)c2cc3ccc4c5ccccc5[nH]c4c3cc2O)c(C)c1.[Na+]. The van der Waals surface area contributed by atoms with Gasteiger partial charge >= 0.3 is 29.6 Å². The third-order valence-electron chi connectivity index (χ3n) is 5.54. The number of ether oxygens (including phenoxy) is 1. The Kier molecular flexibility index (Phi) is 5.67. The van der Waals surface area contributed by atoms with E-state index in [1.54, 1.807) is 31.4 Å². The van der Waals surface area contributed by atoms with Gasteiger partial charge in [-0.1, -0.05) is 30.3 Å². The van der Waals surface area contributed by atoms with Crippen molar-refractivity contribution >= 4 is 44.2 Å². The number of methoxy groups -OCH3 is 1. The van der Waals surface area contributed by atoms with Crippen molar-refractivity contribution in [1.82, 2.24) is 4.98 Å². The quantitative estimate of drug-likeness (QED) is 0.394. The molecule has 3 N–H and O–H groups in total. The van der Waals surface area contributed by atoms with Gasteiger partial charge in [-0.3, -0.25) is 4.79 Å². The first-order chi connectivity index (χ1) is 14.5. The minimum atomic E-state index is -0.362. The number of carbonyl (C=O) groups is 1. The molecule has 1 amide bonds. The average molecular weight is 419 g/mol. The van der Waals surface area contributed by atoms with Crippen LogP contribution in [0.1, 0.15) is 15.9 Å². The topological polar surface area (TPSA) is 74.3 Å². The molecule has 0 bridgehead atoms. The number of hydrogen-bond donors (Lipinski definition) is 3. The Hall–Kier alpha value is -2.99. The van der Waals surface area contributed by atoms with Crippen LogP contribution in [0.25, 0.3) is 32.6 Å². The second kappa shape index (κ2) is 8.27. The zero-order valence-electron chi connectivity index (χ0n) is 17.6. The zero-order chi connectivity index (χ0) is 20.8. The van der Waals surface area contributed by atoms with Crippen LogP contribution in [-0.2, 0) is 0 Å². The van der Waals surface area contributed by atoms with Crippen LogP contribution in [0.15, 0.2) is 66.7 Å². The van der Waals surface area contributed by atoms with Crippen LogP contribution in [0.2, 0.25) is 0 Å². The maximum Gasteiger partial charge on any atom is 1.00 e. The molecule has 0 unspecified atom stereocenters. The van der Waals surface area contributed by atoms with E-state index in [0.717, 1.165) is 43.9 Å². The molecule has 0 aliphatic heterocycles. The molecule has 1 heterocycles. The van der Waals surface area contributed by atoms with Crippen LogP contribution < -0.4 is 39.6 Å². The Bertz CT molecular complexity index is 1460. The average Bonchev–Trinajstić information content (AvgIpc) is 3.14. The number of para-hydroxylation sites is 1. The monoisotopic (exact) mass is 419 g/mol. The molecule has 0 saturated heterocycles. The third-order valence-corrected chi connectivity index (χ3v) is 5.54. The number of rotatable bonds is 3. The van der Waals surface area contributed by atoms with Gasteiger partial charge in [-0.05, 0) is 54.3 Å². The number of nitrogens with one attached hydrogen (secondary N) is 2. The molecular formula is C25H20N2NaO3+. The van der Waals surface area contributed by atoms with Crippen LogP contribution in [0, 0.1) is 6.92 Å². The van der Waals surface area contributed by atoms with Crippen molar-refractivity contribution in [3.05, 3.63) is 77.9 Å². The normalized spacial score (nSPS) is 10.9. The smallest absolute Gasteiger partial charge is 0.507 e. The number of fused-ring (bicyclic) bond motifs is 5. The minimum absolute atomic E-state index is 0. The van der Waals surface area contributed by atoms with E-state index in [2.05, 4.69) is 16.4 Å². The second-order valence-corrected chi connectivity index (χ2v) is 7.38. The predicted octanol–water partition coefficient (Wildman–Crippen LogP) is 2.75. The number of amides is 1. The van der Waals surface area contributed by atoms with E-state index in [1.807, 2.05) is 43.3 Å². The number of aromatic nitrogens is 1. The summed E-state index contributed by atoms with van der Waals surface area (Å²) in [6.07, 6.45) is 0. The van der Waals surface area contributed by atoms with Gasteiger partial charge in [0.1, 0.15) is 11.5 Å². The van der Waals surface area contributed by atoms with E-state index < -0.39 is 0 Å². The molecule has 5 rings (SSSR count). The summed E-state index contributed by atoms with van der Waals surface area (Å²) in [6.45, 7) is 1.89. The first-order valence-corrected chi connectivity index (χ1v) is 9.67. The van der Waals surface area contributed by atoms with Crippen LogP contribution in [0.5, 0.6) is 11.5 Å². The van der Waals surface area contributed by atoms with E-state index in [-0.39, 0.29) is 46.8 Å². The van der Waals surface area contributed by atoms with Gasteiger partial charge in [-0.15, -0.1) is 0 Å². The largest absolute Gasteiger partial charge is 1.00 e. The number of anilines is 1. The first-order valence-electron chi connectivity index (χ1n) is 9.67. The second-order valence-electron chi connectivity index (χ2n) is 7.38. The fraction of sp³-hybridized carbons (Fsp3) is 0.0800. The summed E-state index contributed by atoms with van der Waals surface area (Å²) >= 11 is 0. The molecule has 0 radical (unpaired) electrons. The summed E-state index contributed by atoms with van der Waals surface area (Å²) in [5.74, 6) is 0.304. The third kappa shape index (κ3) is 3.65. The maximum absolute atomic E-state index is 12.9. The fourth-order valence-electron chi connectivity index (χ4n) is 3.96. The molecule has 5 aromatic rings. The van der Waals surface area contributed by atoms with E-state index >= 15 is 0 Å². The molecule has 4 aromatic carbocycles. The summed E-state index contributed by atoms with van der Waals surface area (Å²) in [5, 5.41) is 17.5. The molecule has 0 atom stereocenters. The van der Waals surface area contributed by atoms with Crippen LogP contribution in [0.4, 0.5) is 5.69 Å². The van der Waals surface area contributed by atoms with Crippen molar-refractivity contribution in [2.75, 3.05) is 12.4 Å². The molecule has 6 heteroatoms. The number of aromatic amines is 1. The summed E-state index contributed by atoms with van der Waals surface area (Å²) < 4.78 is 5.21. The Morgan fingerprint density at radius 1 is 0.968 bits per heavy atom. The molecule has 0 aliphatic rings. The molecule has 31 heavy (non-hydrogen) atoms. The predicted molar refractivity (Wildman–Crippen MR) is 121 cm³/mol. The van der Waals surface area contributed by atoms with E-state index in [0.29, 0.717) is 5.69 Å². The minimum Gasteiger partial charge on any atom is -0.507 e. The summed E-state index contributed by atoms with van der Waals surface area (Å²) in [6, 6.07) is 20.9. The maximum atomic E-state index is 12.9. The van der Waals surface area contributed by atoms with Gasteiger partial charge in [-0.25, -0.2) is 0 Å². The number of aryl methyl sites for hydroxylation is 1. The molecule has 5 nitrogen and oxygen atoms in total. The molecular weight excluding hydrogens is 399 g/mol. The molecule has 0 fully saturated rings. The molecule has 0 spiro atoms. The van der Waals surface area contributed by atoms with E-state index in [1.165, 1.54) is 0 Å². The van der Waals surface area contributed by atoms with Crippen molar-refractivity contribution in [1.29, 1.82) is 0 Å². The van der Waals surface area contributed by atoms with Gasteiger partial charge in [0.15, 0.2) is 0 Å². The van der Waals surface area contributed by atoms with E-state index in [9.17, 15) is 9.90 Å². The Labute approximate surface area is 201 Å². The number of benzene rings is 4. The molecule has 148 valence electrons. The van der Waals surface area contributed by atoms with Crippen molar-refractivity contribution < 1.29 is 44.2 Å². The van der Waals surface area contributed by atoms with Crippen LogP contribution in [-0.4, -0.2) is 23.1 Å². The number of carbonyl (C=O) groups excluding carboxylic acids is 1. The zero-order valence-corrected chi connectivity index (χ0v) is 19.6. The Morgan fingerprint density at radius 2 is 1.77 bits per heavy atom. The standard InChI is InChI=1S/C25H20N2O3.Na/c1-14-11-16(30-2)8-10-21(14)27-25(29)20-12-15-7-9-18-17-5-3-4-6-22(17)26-24(18)19(15)13-23(20)28;/h3-13,26,28H,1-2H3,(H,27,29);/q;+1.